The maximum Gasteiger partial charge on any atom is 0.271 e. The molecule has 1 N–H and O–H groups in total. The molecule has 0 aliphatic heterocycles. The van der Waals surface area contributed by atoms with Gasteiger partial charge in [-0.25, -0.2) is 0 Å². The highest BCUT2D eigenvalue weighted by atomic mass is 16.6. The Hall–Kier alpha value is -4.91. The minimum atomic E-state index is -0.505. The number of allylic oxidation sites excluding steroid dienone is 1. The zero-order valence-corrected chi connectivity index (χ0v) is 19.6. The van der Waals surface area contributed by atoms with Crippen LogP contribution in [0.2, 0.25) is 0 Å². The van der Waals surface area contributed by atoms with Crippen LogP contribution in [-0.4, -0.2) is 17.9 Å². The molecule has 5 aromatic rings. The van der Waals surface area contributed by atoms with E-state index < -0.39 is 10.8 Å². The quantitative estimate of drug-likeness (QED) is 0.158. The number of methoxy groups -OCH3 is 1. The molecule has 0 atom stereocenters. The van der Waals surface area contributed by atoms with Crippen molar-refractivity contribution in [2.24, 2.45) is 0 Å². The van der Waals surface area contributed by atoms with Gasteiger partial charge in [-0.15, -0.1) is 0 Å². The molecule has 7 heteroatoms. The molecule has 1 heterocycles. The van der Waals surface area contributed by atoms with Gasteiger partial charge in [0.2, 0.25) is 5.91 Å². The van der Waals surface area contributed by atoms with E-state index >= 15 is 0 Å². The minimum Gasteiger partial charge on any atom is -0.496 e. The summed E-state index contributed by atoms with van der Waals surface area (Å²) in [7, 11) is 1.57. The number of carbonyl (C=O) groups is 1. The summed E-state index contributed by atoms with van der Waals surface area (Å²) in [4.78, 5) is 23.2. The van der Waals surface area contributed by atoms with Gasteiger partial charge in [-0.1, -0.05) is 48.5 Å². The molecule has 36 heavy (non-hydrogen) atoms. The monoisotopic (exact) mass is 478 g/mol. The number of fused-ring (bicyclic) bond motifs is 2. The van der Waals surface area contributed by atoms with Crippen molar-refractivity contribution in [1.29, 1.82) is 0 Å². The van der Waals surface area contributed by atoms with Crippen LogP contribution >= 0.6 is 0 Å². The molecule has 0 saturated heterocycles. The Kier molecular flexibility index (Phi) is 5.96. The van der Waals surface area contributed by atoms with Crippen molar-refractivity contribution in [2.75, 3.05) is 12.4 Å². The summed E-state index contributed by atoms with van der Waals surface area (Å²) < 4.78 is 11.5. The van der Waals surface area contributed by atoms with Gasteiger partial charge in [0.1, 0.15) is 11.3 Å². The van der Waals surface area contributed by atoms with Crippen LogP contribution in [0.5, 0.6) is 5.75 Å². The number of benzene rings is 4. The smallest absolute Gasteiger partial charge is 0.271 e. The lowest BCUT2D eigenvalue weighted by molar-refractivity contribution is -0.384. The molecule has 178 valence electrons. The summed E-state index contributed by atoms with van der Waals surface area (Å²) in [6.07, 6.45) is 3.18. The van der Waals surface area contributed by atoms with E-state index in [1.807, 2.05) is 37.3 Å². The Labute approximate surface area is 206 Å². The lowest BCUT2D eigenvalue weighted by atomic mass is 9.96. The summed E-state index contributed by atoms with van der Waals surface area (Å²) >= 11 is 0. The van der Waals surface area contributed by atoms with Crippen molar-refractivity contribution in [3.05, 3.63) is 107 Å². The number of anilines is 1. The molecule has 0 fully saturated rings. The van der Waals surface area contributed by atoms with E-state index in [-0.39, 0.29) is 5.69 Å². The predicted octanol–water partition coefficient (Wildman–Crippen LogP) is 7.21. The summed E-state index contributed by atoms with van der Waals surface area (Å²) in [5.41, 5.74) is 4.32. The molecule has 0 radical (unpaired) electrons. The molecule has 0 spiro atoms. The van der Waals surface area contributed by atoms with Crippen molar-refractivity contribution in [2.45, 2.75) is 6.92 Å². The van der Waals surface area contributed by atoms with Gasteiger partial charge in [0.05, 0.1) is 18.3 Å². The van der Waals surface area contributed by atoms with Crippen molar-refractivity contribution >= 4 is 44.6 Å². The Morgan fingerprint density at radius 3 is 2.56 bits per heavy atom. The molecular formula is C29H22N2O5. The third-order valence-corrected chi connectivity index (χ3v) is 6.07. The van der Waals surface area contributed by atoms with Crippen molar-refractivity contribution in [3.63, 3.8) is 0 Å². The highest BCUT2D eigenvalue weighted by molar-refractivity contribution is 6.07. The molecule has 4 aromatic carbocycles. The standard InChI is InChI=1S/C29H22N2O5/c1-18(13-29(32)30-20-9-6-10-21(14-20)31(33)34)24-15-25-26(17-36-28(25)16-27(24)35-2)23-12-5-8-19-7-3-4-11-22(19)23/h3-17H,1-2H3,(H,30,32)/b18-13+. The maximum atomic E-state index is 12.7. The van der Waals surface area contributed by atoms with Gasteiger partial charge in [0, 0.05) is 46.5 Å². The van der Waals surface area contributed by atoms with Crippen molar-refractivity contribution in [3.8, 4) is 16.9 Å². The number of hydrogen-bond acceptors (Lipinski definition) is 5. The average Bonchev–Trinajstić information content (AvgIpc) is 3.30. The highest BCUT2D eigenvalue weighted by Gasteiger charge is 2.16. The second-order valence-corrected chi connectivity index (χ2v) is 8.35. The van der Waals surface area contributed by atoms with E-state index in [4.69, 9.17) is 9.15 Å². The van der Waals surface area contributed by atoms with E-state index in [0.717, 1.165) is 32.8 Å². The largest absolute Gasteiger partial charge is 0.496 e. The summed E-state index contributed by atoms with van der Waals surface area (Å²) in [6.45, 7) is 1.81. The number of nitrogens with one attached hydrogen (secondary N) is 1. The van der Waals surface area contributed by atoms with E-state index in [2.05, 4.69) is 29.6 Å². The van der Waals surface area contributed by atoms with Crippen LogP contribution in [0, 0.1) is 10.1 Å². The fraction of sp³-hybridized carbons (Fsp3) is 0.0690. The average molecular weight is 479 g/mol. The number of nitro benzene ring substituents is 1. The number of ether oxygens (including phenoxy) is 1. The fourth-order valence-electron chi connectivity index (χ4n) is 4.35. The maximum absolute atomic E-state index is 12.7. The molecule has 7 nitrogen and oxygen atoms in total. The van der Waals surface area contributed by atoms with Gasteiger partial charge >= 0.3 is 0 Å². The summed E-state index contributed by atoms with van der Waals surface area (Å²) in [5.74, 6) is 0.162. The molecule has 0 aliphatic rings. The Morgan fingerprint density at radius 1 is 0.972 bits per heavy atom. The highest BCUT2D eigenvalue weighted by Crippen LogP contribution is 2.39. The van der Waals surface area contributed by atoms with Crippen LogP contribution in [0.3, 0.4) is 0 Å². The number of non-ortho nitro benzene ring substituents is 1. The third kappa shape index (κ3) is 4.30. The number of nitrogens with zero attached hydrogens (tertiary/aromatic N) is 1. The zero-order valence-electron chi connectivity index (χ0n) is 19.6. The molecule has 0 unspecified atom stereocenters. The molecule has 1 aromatic heterocycles. The first-order chi connectivity index (χ1) is 17.4. The Balaban J connectivity index is 1.54. The van der Waals surface area contributed by atoms with E-state index in [0.29, 0.717) is 22.6 Å². The van der Waals surface area contributed by atoms with Gasteiger partial charge in [-0.2, -0.15) is 0 Å². The molecule has 0 bridgehead atoms. The summed E-state index contributed by atoms with van der Waals surface area (Å²) in [5, 5.41) is 16.8. The van der Waals surface area contributed by atoms with Crippen LogP contribution in [-0.2, 0) is 4.79 Å². The van der Waals surface area contributed by atoms with Gasteiger partial charge in [-0.05, 0) is 41.0 Å². The fourth-order valence-corrected chi connectivity index (χ4v) is 4.35. The summed E-state index contributed by atoms with van der Waals surface area (Å²) in [6, 6.07) is 23.9. The Morgan fingerprint density at radius 2 is 1.75 bits per heavy atom. The first-order valence-electron chi connectivity index (χ1n) is 11.3. The van der Waals surface area contributed by atoms with Crippen molar-refractivity contribution < 1.29 is 18.9 Å². The Bertz CT molecular complexity index is 1660. The van der Waals surface area contributed by atoms with E-state index in [1.165, 1.54) is 24.3 Å². The number of amides is 1. The van der Waals surface area contributed by atoms with E-state index in [1.54, 1.807) is 19.4 Å². The topological polar surface area (TPSA) is 94.6 Å². The van der Waals surface area contributed by atoms with Crippen LogP contribution in [0.1, 0.15) is 12.5 Å². The molecule has 5 rings (SSSR count). The van der Waals surface area contributed by atoms with E-state index in [9.17, 15) is 14.9 Å². The number of carbonyl (C=O) groups excluding carboxylic acids is 1. The number of furan rings is 1. The second kappa shape index (κ2) is 9.38. The van der Waals surface area contributed by atoms with Crippen LogP contribution in [0.25, 0.3) is 38.4 Å². The van der Waals surface area contributed by atoms with Gasteiger partial charge in [-0.3, -0.25) is 14.9 Å². The molecule has 0 aliphatic carbocycles. The van der Waals surface area contributed by atoms with Crippen LogP contribution in [0.4, 0.5) is 11.4 Å². The predicted molar refractivity (Wildman–Crippen MR) is 141 cm³/mol. The normalized spacial score (nSPS) is 11.6. The molecule has 1 amide bonds. The van der Waals surface area contributed by atoms with Crippen LogP contribution in [0.15, 0.2) is 95.6 Å². The van der Waals surface area contributed by atoms with Gasteiger partial charge in [0.15, 0.2) is 0 Å². The number of rotatable bonds is 6. The second-order valence-electron chi connectivity index (χ2n) is 8.35. The lowest BCUT2D eigenvalue weighted by Gasteiger charge is -2.11. The third-order valence-electron chi connectivity index (χ3n) is 6.07. The van der Waals surface area contributed by atoms with Gasteiger partial charge < -0.3 is 14.5 Å². The minimum absolute atomic E-state index is 0.0958. The van der Waals surface area contributed by atoms with Gasteiger partial charge in [0.25, 0.3) is 5.69 Å². The van der Waals surface area contributed by atoms with Crippen molar-refractivity contribution in [1.82, 2.24) is 0 Å². The zero-order chi connectivity index (χ0) is 25.2. The van der Waals surface area contributed by atoms with Crippen LogP contribution < -0.4 is 10.1 Å². The molecule has 0 saturated carbocycles. The number of nitro groups is 1. The number of hydrogen-bond donors (Lipinski definition) is 1. The lowest BCUT2D eigenvalue weighted by Crippen LogP contribution is -2.09. The SMILES string of the molecule is COc1cc2occ(-c3cccc4ccccc34)c2cc1/C(C)=C/C(=O)Nc1cccc([N+](=O)[O-])c1. The first-order valence-corrected chi connectivity index (χ1v) is 11.3. The first kappa shape index (κ1) is 22.9. The molecular weight excluding hydrogens is 456 g/mol.